The van der Waals surface area contributed by atoms with E-state index in [4.69, 9.17) is 4.74 Å². The standard InChI is InChI=1S/C22H27FN2O3/c1-15-6-4-7-16(2)21(15)24-20(26)14-25-11-10-22(3,27)19(13-25)28-18-9-5-8-17(23)12-18/h4-9,12,19,27H,10-11,13-14H2,1-3H3,(H,24,26)/t19-,22-/m0/s1. The number of anilines is 1. The summed E-state index contributed by atoms with van der Waals surface area (Å²) in [4.78, 5) is 14.5. The summed E-state index contributed by atoms with van der Waals surface area (Å²) in [5.74, 6) is -0.131. The molecule has 6 heteroatoms. The lowest BCUT2D eigenvalue weighted by molar-refractivity contribution is -0.122. The fraction of sp³-hybridized carbons (Fsp3) is 0.409. The second-order valence-corrected chi connectivity index (χ2v) is 7.72. The molecule has 1 heterocycles. The van der Waals surface area contributed by atoms with Gasteiger partial charge in [-0.05, 0) is 50.5 Å². The minimum Gasteiger partial charge on any atom is -0.486 e. The van der Waals surface area contributed by atoms with Crippen LogP contribution >= 0.6 is 0 Å². The zero-order valence-corrected chi connectivity index (χ0v) is 16.5. The topological polar surface area (TPSA) is 61.8 Å². The molecule has 1 saturated heterocycles. The molecule has 0 saturated carbocycles. The van der Waals surface area contributed by atoms with Gasteiger partial charge in [0.25, 0.3) is 0 Å². The minimum absolute atomic E-state index is 0.108. The molecule has 2 aromatic rings. The lowest BCUT2D eigenvalue weighted by atomic mass is 9.90. The van der Waals surface area contributed by atoms with E-state index in [1.807, 2.05) is 36.9 Å². The Morgan fingerprint density at radius 2 is 1.96 bits per heavy atom. The van der Waals surface area contributed by atoms with Crippen molar-refractivity contribution in [3.63, 3.8) is 0 Å². The van der Waals surface area contributed by atoms with Gasteiger partial charge in [-0.25, -0.2) is 4.39 Å². The molecule has 0 spiro atoms. The molecular formula is C22H27FN2O3. The number of amides is 1. The number of hydrogen-bond donors (Lipinski definition) is 2. The Kier molecular flexibility index (Phi) is 6.01. The molecule has 0 aliphatic carbocycles. The number of carbonyl (C=O) groups excluding carboxylic acids is 1. The number of halogens is 1. The van der Waals surface area contributed by atoms with E-state index in [9.17, 15) is 14.3 Å². The van der Waals surface area contributed by atoms with Crippen molar-refractivity contribution in [1.29, 1.82) is 0 Å². The average Bonchev–Trinajstić information content (AvgIpc) is 2.61. The van der Waals surface area contributed by atoms with E-state index >= 15 is 0 Å². The number of carbonyl (C=O) groups is 1. The van der Waals surface area contributed by atoms with Gasteiger partial charge in [0.15, 0.2) is 0 Å². The molecule has 2 N–H and O–H groups in total. The summed E-state index contributed by atoms with van der Waals surface area (Å²) in [5.41, 5.74) is 1.82. The van der Waals surface area contributed by atoms with Crippen LogP contribution in [0.3, 0.4) is 0 Å². The maximum atomic E-state index is 13.4. The number of nitrogens with one attached hydrogen (secondary N) is 1. The summed E-state index contributed by atoms with van der Waals surface area (Å²) in [6, 6.07) is 11.7. The number of likely N-dealkylation sites (tertiary alicyclic amines) is 1. The zero-order valence-electron chi connectivity index (χ0n) is 16.5. The van der Waals surface area contributed by atoms with Crippen molar-refractivity contribution in [3.8, 4) is 5.75 Å². The van der Waals surface area contributed by atoms with Crippen LogP contribution in [0.5, 0.6) is 5.75 Å². The summed E-state index contributed by atoms with van der Waals surface area (Å²) >= 11 is 0. The van der Waals surface area contributed by atoms with E-state index in [0.29, 0.717) is 25.3 Å². The summed E-state index contributed by atoms with van der Waals surface area (Å²) in [6.07, 6.45) is -0.0973. The van der Waals surface area contributed by atoms with Crippen LogP contribution < -0.4 is 10.1 Å². The molecule has 3 rings (SSSR count). The summed E-state index contributed by atoms with van der Waals surface area (Å²) in [7, 11) is 0. The second-order valence-electron chi connectivity index (χ2n) is 7.72. The number of ether oxygens (including phenoxy) is 1. The van der Waals surface area contributed by atoms with Crippen molar-refractivity contribution in [2.24, 2.45) is 0 Å². The van der Waals surface area contributed by atoms with Crippen LogP contribution in [0.4, 0.5) is 10.1 Å². The molecule has 28 heavy (non-hydrogen) atoms. The average molecular weight is 386 g/mol. The second kappa shape index (κ2) is 8.29. The number of rotatable bonds is 5. The molecule has 2 aromatic carbocycles. The lowest BCUT2D eigenvalue weighted by Crippen LogP contribution is -2.57. The first-order valence-electron chi connectivity index (χ1n) is 9.47. The fourth-order valence-electron chi connectivity index (χ4n) is 3.47. The first-order chi connectivity index (χ1) is 13.2. The number of aryl methyl sites for hydroxylation is 2. The van der Waals surface area contributed by atoms with Gasteiger partial charge < -0.3 is 15.2 Å². The van der Waals surface area contributed by atoms with Crippen molar-refractivity contribution in [3.05, 3.63) is 59.4 Å². The highest BCUT2D eigenvalue weighted by molar-refractivity contribution is 5.93. The van der Waals surface area contributed by atoms with E-state index in [0.717, 1.165) is 16.8 Å². The Balaban J connectivity index is 1.64. The predicted molar refractivity (Wildman–Crippen MR) is 107 cm³/mol. The Bertz CT molecular complexity index is 833. The molecule has 2 atom stereocenters. The van der Waals surface area contributed by atoms with Gasteiger partial charge in [0.2, 0.25) is 5.91 Å². The van der Waals surface area contributed by atoms with E-state index in [1.54, 1.807) is 19.1 Å². The van der Waals surface area contributed by atoms with Gasteiger partial charge in [0.1, 0.15) is 23.3 Å². The van der Waals surface area contributed by atoms with Gasteiger partial charge in [-0.3, -0.25) is 9.69 Å². The van der Waals surface area contributed by atoms with Crippen molar-refractivity contribution < 1.29 is 19.0 Å². The van der Waals surface area contributed by atoms with E-state index in [2.05, 4.69) is 5.32 Å². The molecule has 1 aliphatic heterocycles. The highest BCUT2D eigenvalue weighted by atomic mass is 19.1. The van der Waals surface area contributed by atoms with Crippen LogP contribution in [0.15, 0.2) is 42.5 Å². The number of aliphatic hydroxyl groups is 1. The molecule has 150 valence electrons. The largest absolute Gasteiger partial charge is 0.486 e. The van der Waals surface area contributed by atoms with E-state index in [1.165, 1.54) is 12.1 Å². The fourth-order valence-corrected chi connectivity index (χ4v) is 3.47. The Hall–Kier alpha value is -2.44. The molecule has 1 fully saturated rings. The number of nitrogens with zero attached hydrogens (tertiary/aromatic N) is 1. The number of para-hydroxylation sites is 1. The lowest BCUT2D eigenvalue weighted by Gasteiger charge is -2.42. The Morgan fingerprint density at radius 1 is 1.29 bits per heavy atom. The molecule has 0 radical (unpaired) electrons. The summed E-state index contributed by atoms with van der Waals surface area (Å²) < 4.78 is 19.3. The maximum Gasteiger partial charge on any atom is 0.238 e. The number of piperidine rings is 1. The SMILES string of the molecule is Cc1cccc(C)c1NC(=O)CN1CC[C@](C)(O)[C@@H](Oc2cccc(F)c2)C1. The molecule has 0 aromatic heterocycles. The van der Waals surface area contributed by atoms with Crippen molar-refractivity contribution in [2.75, 3.05) is 25.0 Å². The normalized spacial score (nSPS) is 22.7. The highest BCUT2D eigenvalue weighted by Crippen LogP contribution is 2.27. The van der Waals surface area contributed by atoms with Gasteiger partial charge in [0.05, 0.1) is 6.54 Å². The molecule has 1 amide bonds. The van der Waals surface area contributed by atoms with Gasteiger partial charge in [-0.1, -0.05) is 24.3 Å². The summed E-state index contributed by atoms with van der Waals surface area (Å²) in [5, 5.41) is 13.7. The number of hydrogen-bond acceptors (Lipinski definition) is 4. The maximum absolute atomic E-state index is 13.4. The predicted octanol–water partition coefficient (Wildman–Crippen LogP) is 3.29. The van der Waals surface area contributed by atoms with E-state index in [-0.39, 0.29) is 12.5 Å². The molecule has 5 nitrogen and oxygen atoms in total. The van der Waals surface area contributed by atoms with Crippen LogP contribution in [0, 0.1) is 19.7 Å². The molecular weight excluding hydrogens is 359 g/mol. The van der Waals surface area contributed by atoms with Crippen LogP contribution in [-0.2, 0) is 4.79 Å². The Morgan fingerprint density at radius 3 is 2.64 bits per heavy atom. The third-order valence-corrected chi connectivity index (χ3v) is 5.24. The monoisotopic (exact) mass is 386 g/mol. The number of benzene rings is 2. The Labute approximate surface area is 165 Å². The zero-order chi connectivity index (χ0) is 20.3. The summed E-state index contributed by atoms with van der Waals surface area (Å²) in [6.45, 7) is 6.80. The van der Waals surface area contributed by atoms with Crippen molar-refractivity contribution in [1.82, 2.24) is 4.90 Å². The van der Waals surface area contributed by atoms with Gasteiger partial charge in [-0.2, -0.15) is 0 Å². The van der Waals surface area contributed by atoms with Crippen LogP contribution in [0.25, 0.3) is 0 Å². The van der Waals surface area contributed by atoms with Crippen molar-refractivity contribution in [2.45, 2.75) is 38.9 Å². The molecule has 0 unspecified atom stereocenters. The molecule has 0 bridgehead atoms. The van der Waals surface area contributed by atoms with Gasteiger partial charge in [-0.15, -0.1) is 0 Å². The first kappa shape index (κ1) is 20.3. The third kappa shape index (κ3) is 4.88. The quantitative estimate of drug-likeness (QED) is 0.828. The highest BCUT2D eigenvalue weighted by Gasteiger charge is 2.39. The molecule has 1 aliphatic rings. The van der Waals surface area contributed by atoms with Crippen molar-refractivity contribution >= 4 is 11.6 Å². The van der Waals surface area contributed by atoms with Crippen LogP contribution in [0.1, 0.15) is 24.5 Å². The smallest absolute Gasteiger partial charge is 0.238 e. The van der Waals surface area contributed by atoms with Gasteiger partial charge in [0, 0.05) is 24.8 Å². The van der Waals surface area contributed by atoms with Crippen LogP contribution in [0.2, 0.25) is 0 Å². The third-order valence-electron chi connectivity index (χ3n) is 5.24. The van der Waals surface area contributed by atoms with E-state index < -0.39 is 17.5 Å². The van der Waals surface area contributed by atoms with Gasteiger partial charge >= 0.3 is 0 Å². The first-order valence-corrected chi connectivity index (χ1v) is 9.47. The minimum atomic E-state index is -1.05. The van der Waals surface area contributed by atoms with Crippen LogP contribution in [-0.4, -0.2) is 47.3 Å².